The molecule has 23 heavy (non-hydrogen) atoms. The van der Waals surface area contributed by atoms with Crippen molar-refractivity contribution in [2.45, 2.75) is 6.61 Å². The molecule has 0 spiro atoms. The summed E-state index contributed by atoms with van der Waals surface area (Å²) in [4.78, 5) is 16.4. The van der Waals surface area contributed by atoms with Crippen LogP contribution in [0.2, 0.25) is 5.02 Å². The Morgan fingerprint density at radius 1 is 1.26 bits per heavy atom. The standard InChI is InChI=1S/C15H9ClF2N2O2S/c16-10-6-9(2-4-12(10)22-15(17)18)20-14(21)8-1-3-11-13(5-8)23-7-19-11/h1-7,15H,(H,20,21). The Kier molecular flexibility index (Phi) is 4.40. The molecule has 0 radical (unpaired) electrons. The first-order valence-corrected chi connectivity index (χ1v) is 7.67. The van der Waals surface area contributed by atoms with Gasteiger partial charge in [-0.05, 0) is 36.4 Å². The quantitative estimate of drug-likeness (QED) is 0.732. The maximum Gasteiger partial charge on any atom is 0.387 e. The Morgan fingerprint density at radius 2 is 2.09 bits per heavy atom. The van der Waals surface area contributed by atoms with Crippen LogP contribution in [0.25, 0.3) is 10.2 Å². The number of aromatic nitrogens is 1. The Balaban J connectivity index is 1.78. The molecule has 1 aromatic heterocycles. The zero-order chi connectivity index (χ0) is 16.4. The molecule has 1 heterocycles. The molecule has 0 unspecified atom stereocenters. The number of benzene rings is 2. The molecule has 0 saturated carbocycles. The van der Waals surface area contributed by atoms with Crippen LogP contribution >= 0.6 is 22.9 Å². The van der Waals surface area contributed by atoms with Gasteiger partial charge in [-0.2, -0.15) is 8.78 Å². The normalized spacial score (nSPS) is 11.0. The zero-order valence-electron chi connectivity index (χ0n) is 11.4. The molecule has 0 atom stereocenters. The maximum atomic E-state index is 12.2. The van der Waals surface area contributed by atoms with E-state index in [1.54, 1.807) is 23.7 Å². The molecule has 1 amide bonds. The molecule has 4 nitrogen and oxygen atoms in total. The fourth-order valence-electron chi connectivity index (χ4n) is 1.97. The number of ether oxygens (including phenoxy) is 1. The van der Waals surface area contributed by atoms with Crippen LogP contribution in [0.1, 0.15) is 10.4 Å². The van der Waals surface area contributed by atoms with Crippen molar-refractivity contribution in [2.75, 3.05) is 5.32 Å². The second-order valence-electron chi connectivity index (χ2n) is 4.51. The molecule has 1 N–H and O–H groups in total. The highest BCUT2D eigenvalue weighted by Gasteiger charge is 2.12. The lowest BCUT2D eigenvalue weighted by atomic mass is 10.2. The van der Waals surface area contributed by atoms with Crippen molar-refractivity contribution < 1.29 is 18.3 Å². The van der Waals surface area contributed by atoms with Crippen molar-refractivity contribution in [2.24, 2.45) is 0 Å². The predicted octanol–water partition coefficient (Wildman–Crippen LogP) is 4.80. The summed E-state index contributed by atoms with van der Waals surface area (Å²) in [5, 5.41) is 2.64. The summed E-state index contributed by atoms with van der Waals surface area (Å²) in [7, 11) is 0. The number of amides is 1. The number of carbonyl (C=O) groups is 1. The molecule has 3 rings (SSSR count). The number of nitrogens with zero attached hydrogens (tertiary/aromatic N) is 1. The van der Waals surface area contributed by atoms with Gasteiger partial charge in [-0.3, -0.25) is 4.79 Å². The van der Waals surface area contributed by atoms with Crippen LogP contribution in [0.3, 0.4) is 0 Å². The monoisotopic (exact) mass is 354 g/mol. The fraction of sp³-hybridized carbons (Fsp3) is 0.0667. The smallest absolute Gasteiger partial charge is 0.387 e. The number of hydrogen-bond acceptors (Lipinski definition) is 4. The second kappa shape index (κ2) is 6.47. The van der Waals surface area contributed by atoms with E-state index in [0.29, 0.717) is 11.3 Å². The van der Waals surface area contributed by atoms with Gasteiger partial charge in [-0.25, -0.2) is 4.98 Å². The van der Waals surface area contributed by atoms with Crippen molar-refractivity contribution in [3.63, 3.8) is 0 Å². The van der Waals surface area contributed by atoms with Crippen LogP contribution in [-0.4, -0.2) is 17.5 Å². The first-order valence-electron chi connectivity index (χ1n) is 6.42. The molecule has 3 aromatic rings. The minimum Gasteiger partial charge on any atom is -0.433 e. The first kappa shape index (κ1) is 15.6. The molecule has 118 valence electrons. The van der Waals surface area contributed by atoms with Crippen LogP contribution in [0.15, 0.2) is 41.9 Å². The molecule has 0 fully saturated rings. The number of hydrogen-bond donors (Lipinski definition) is 1. The van der Waals surface area contributed by atoms with Gasteiger partial charge in [-0.1, -0.05) is 11.6 Å². The van der Waals surface area contributed by atoms with Gasteiger partial charge in [0.15, 0.2) is 0 Å². The highest BCUT2D eigenvalue weighted by molar-refractivity contribution is 7.16. The van der Waals surface area contributed by atoms with E-state index in [9.17, 15) is 13.6 Å². The average Bonchev–Trinajstić information content (AvgIpc) is 2.97. The maximum absolute atomic E-state index is 12.2. The largest absolute Gasteiger partial charge is 0.433 e. The van der Waals surface area contributed by atoms with Crippen molar-refractivity contribution in [1.29, 1.82) is 0 Å². The van der Waals surface area contributed by atoms with Crippen LogP contribution in [0.4, 0.5) is 14.5 Å². The van der Waals surface area contributed by atoms with Gasteiger partial charge in [0.2, 0.25) is 0 Å². The Labute approximate surface area is 138 Å². The molecule has 0 aliphatic carbocycles. The lowest BCUT2D eigenvalue weighted by Crippen LogP contribution is -2.11. The lowest BCUT2D eigenvalue weighted by Gasteiger charge is -2.09. The molecule has 0 bridgehead atoms. The van der Waals surface area contributed by atoms with Crippen LogP contribution in [0, 0.1) is 0 Å². The van der Waals surface area contributed by atoms with E-state index in [0.717, 1.165) is 10.2 Å². The van der Waals surface area contributed by atoms with Gasteiger partial charge >= 0.3 is 6.61 Å². The minimum atomic E-state index is -2.96. The van der Waals surface area contributed by atoms with Crippen molar-refractivity contribution >= 4 is 44.7 Å². The average molecular weight is 355 g/mol. The molecular formula is C15H9ClF2N2O2S. The zero-order valence-corrected chi connectivity index (χ0v) is 13.0. The van der Waals surface area contributed by atoms with E-state index in [4.69, 9.17) is 11.6 Å². The Hall–Kier alpha value is -2.25. The number of halogens is 3. The van der Waals surface area contributed by atoms with E-state index in [2.05, 4.69) is 15.0 Å². The highest BCUT2D eigenvalue weighted by Crippen LogP contribution is 2.29. The number of nitrogens with one attached hydrogen (secondary N) is 1. The van der Waals surface area contributed by atoms with Crippen molar-refractivity contribution in [3.05, 3.63) is 52.5 Å². The van der Waals surface area contributed by atoms with E-state index in [-0.39, 0.29) is 16.7 Å². The summed E-state index contributed by atoms with van der Waals surface area (Å²) in [5.41, 5.74) is 3.37. The third-order valence-electron chi connectivity index (χ3n) is 3.00. The van der Waals surface area contributed by atoms with Crippen LogP contribution < -0.4 is 10.1 Å². The van der Waals surface area contributed by atoms with Gasteiger partial charge in [0.25, 0.3) is 5.91 Å². The van der Waals surface area contributed by atoms with Crippen molar-refractivity contribution in [3.8, 4) is 5.75 Å². The lowest BCUT2D eigenvalue weighted by molar-refractivity contribution is -0.0497. The predicted molar refractivity (Wildman–Crippen MR) is 85.7 cm³/mol. The van der Waals surface area contributed by atoms with Gasteiger partial charge in [0.1, 0.15) is 5.75 Å². The third kappa shape index (κ3) is 3.57. The van der Waals surface area contributed by atoms with Gasteiger partial charge in [0, 0.05) is 11.3 Å². The van der Waals surface area contributed by atoms with Gasteiger partial charge < -0.3 is 10.1 Å². The highest BCUT2D eigenvalue weighted by atomic mass is 35.5. The summed E-state index contributed by atoms with van der Waals surface area (Å²) in [6.07, 6.45) is 0. The molecule has 2 aromatic carbocycles. The third-order valence-corrected chi connectivity index (χ3v) is 4.09. The van der Waals surface area contributed by atoms with Crippen molar-refractivity contribution in [1.82, 2.24) is 4.98 Å². The minimum absolute atomic E-state index is 0.0130. The number of rotatable bonds is 4. The van der Waals surface area contributed by atoms with E-state index in [1.165, 1.54) is 29.5 Å². The number of anilines is 1. The Bertz CT molecular complexity index is 870. The fourth-order valence-corrected chi connectivity index (χ4v) is 2.91. The molecule has 0 aliphatic rings. The molecule has 0 saturated heterocycles. The van der Waals surface area contributed by atoms with E-state index < -0.39 is 6.61 Å². The topological polar surface area (TPSA) is 51.2 Å². The SMILES string of the molecule is O=C(Nc1ccc(OC(F)F)c(Cl)c1)c1ccc2ncsc2c1. The van der Waals surface area contributed by atoms with E-state index in [1.807, 2.05) is 0 Å². The van der Waals surface area contributed by atoms with Gasteiger partial charge in [-0.15, -0.1) is 11.3 Å². The number of fused-ring (bicyclic) bond motifs is 1. The van der Waals surface area contributed by atoms with Gasteiger partial charge in [0.05, 0.1) is 20.7 Å². The number of thiazole rings is 1. The summed E-state index contributed by atoms with van der Waals surface area (Å²) >= 11 is 7.29. The summed E-state index contributed by atoms with van der Waals surface area (Å²) in [5.74, 6) is -0.482. The first-order chi connectivity index (χ1) is 11.0. The Morgan fingerprint density at radius 3 is 2.83 bits per heavy atom. The summed E-state index contributed by atoms with van der Waals surface area (Å²) in [6.45, 7) is -2.96. The number of carbonyl (C=O) groups excluding carboxylic acids is 1. The summed E-state index contributed by atoms with van der Waals surface area (Å²) < 4.78 is 29.5. The molecule has 8 heteroatoms. The second-order valence-corrected chi connectivity index (χ2v) is 5.81. The molecule has 0 aliphatic heterocycles. The van der Waals surface area contributed by atoms with E-state index >= 15 is 0 Å². The summed E-state index contributed by atoms with van der Waals surface area (Å²) in [6, 6.07) is 9.21. The molecular weight excluding hydrogens is 346 g/mol. The number of alkyl halides is 2. The van der Waals surface area contributed by atoms with Crippen LogP contribution in [-0.2, 0) is 0 Å². The van der Waals surface area contributed by atoms with Crippen LogP contribution in [0.5, 0.6) is 5.75 Å².